The molecule has 2 rings (SSSR count). The predicted octanol–water partition coefficient (Wildman–Crippen LogP) is 3.19. The number of aromatic nitrogens is 1. The van der Waals surface area contributed by atoms with E-state index < -0.39 is 5.97 Å². The summed E-state index contributed by atoms with van der Waals surface area (Å²) in [6, 6.07) is 9.80. The Kier molecular flexibility index (Phi) is 3.87. The monoisotopic (exact) mass is 278 g/mol. The second kappa shape index (κ2) is 5.58. The molecule has 5 nitrogen and oxygen atoms in total. The van der Waals surface area contributed by atoms with Crippen molar-refractivity contribution in [3.05, 3.63) is 47.1 Å². The summed E-state index contributed by atoms with van der Waals surface area (Å²) >= 11 is 6.04. The molecule has 0 spiro atoms. The molecule has 0 aliphatic rings. The molecule has 2 aromatic rings. The van der Waals surface area contributed by atoms with Crippen LogP contribution in [0.2, 0.25) is 5.02 Å². The van der Waals surface area contributed by atoms with Gasteiger partial charge in [0.05, 0.1) is 17.8 Å². The topological polar surface area (TPSA) is 71.5 Å². The number of nitrogens with one attached hydrogen (secondary N) is 1. The second-order valence-electron chi connectivity index (χ2n) is 3.68. The van der Waals surface area contributed by atoms with Gasteiger partial charge in [-0.2, -0.15) is 0 Å². The molecule has 0 saturated carbocycles. The largest absolute Gasteiger partial charge is 0.497 e. The number of halogens is 1. The van der Waals surface area contributed by atoms with Gasteiger partial charge in [-0.15, -0.1) is 0 Å². The van der Waals surface area contributed by atoms with Crippen LogP contribution in [0, 0.1) is 0 Å². The molecule has 0 bridgehead atoms. The SMILES string of the molecule is COc1ccc(Cl)c(Nc2cccc(C(=O)O)n2)c1. The standard InChI is InChI=1S/C13H11ClN2O3/c1-19-8-5-6-9(14)11(7-8)16-12-4-2-3-10(15-12)13(17)18/h2-7H,1H3,(H,15,16)(H,17,18). The Morgan fingerprint density at radius 1 is 1.37 bits per heavy atom. The molecule has 0 aliphatic heterocycles. The summed E-state index contributed by atoms with van der Waals surface area (Å²) in [5.41, 5.74) is 0.556. The third kappa shape index (κ3) is 3.14. The number of carboxylic acids is 1. The Bertz CT molecular complexity index is 617. The van der Waals surface area contributed by atoms with E-state index in [4.69, 9.17) is 21.4 Å². The lowest BCUT2D eigenvalue weighted by Crippen LogP contribution is -2.02. The third-order valence-corrected chi connectivity index (χ3v) is 2.73. The average molecular weight is 279 g/mol. The Balaban J connectivity index is 2.30. The molecule has 0 fully saturated rings. The Hall–Kier alpha value is -2.27. The van der Waals surface area contributed by atoms with E-state index in [2.05, 4.69) is 10.3 Å². The minimum atomic E-state index is -1.08. The van der Waals surface area contributed by atoms with E-state index in [0.717, 1.165) is 0 Å². The molecule has 0 radical (unpaired) electrons. The van der Waals surface area contributed by atoms with Crippen LogP contribution in [0.1, 0.15) is 10.5 Å². The molecule has 0 unspecified atom stereocenters. The number of pyridine rings is 1. The van der Waals surface area contributed by atoms with Crippen molar-refractivity contribution in [1.29, 1.82) is 0 Å². The van der Waals surface area contributed by atoms with E-state index in [9.17, 15) is 4.79 Å². The van der Waals surface area contributed by atoms with Crippen molar-refractivity contribution >= 4 is 29.1 Å². The zero-order chi connectivity index (χ0) is 13.8. The lowest BCUT2D eigenvalue weighted by molar-refractivity contribution is 0.0690. The number of hydrogen-bond acceptors (Lipinski definition) is 4. The van der Waals surface area contributed by atoms with Gasteiger partial charge in [0.15, 0.2) is 5.69 Å². The lowest BCUT2D eigenvalue weighted by atomic mass is 10.3. The lowest BCUT2D eigenvalue weighted by Gasteiger charge is -2.09. The van der Waals surface area contributed by atoms with Crippen molar-refractivity contribution in [3.8, 4) is 5.75 Å². The van der Waals surface area contributed by atoms with Gasteiger partial charge in [0, 0.05) is 6.07 Å². The van der Waals surface area contributed by atoms with Gasteiger partial charge in [0.2, 0.25) is 0 Å². The van der Waals surface area contributed by atoms with Crippen molar-refractivity contribution < 1.29 is 14.6 Å². The van der Waals surface area contributed by atoms with Crippen LogP contribution in [0.5, 0.6) is 5.75 Å². The van der Waals surface area contributed by atoms with Crippen LogP contribution in [0.25, 0.3) is 0 Å². The maximum atomic E-state index is 10.8. The molecule has 0 saturated heterocycles. The van der Waals surface area contributed by atoms with Crippen LogP contribution in [-0.4, -0.2) is 23.2 Å². The number of rotatable bonds is 4. The molecule has 0 aliphatic carbocycles. The van der Waals surface area contributed by atoms with Gasteiger partial charge in [-0.3, -0.25) is 0 Å². The highest BCUT2D eigenvalue weighted by molar-refractivity contribution is 6.33. The fraction of sp³-hybridized carbons (Fsp3) is 0.0769. The maximum Gasteiger partial charge on any atom is 0.354 e. The van der Waals surface area contributed by atoms with Crippen LogP contribution in [0.15, 0.2) is 36.4 Å². The minimum absolute atomic E-state index is 0.0379. The summed E-state index contributed by atoms with van der Waals surface area (Å²) in [6.45, 7) is 0. The van der Waals surface area contributed by atoms with Crippen LogP contribution in [-0.2, 0) is 0 Å². The Morgan fingerprint density at radius 3 is 2.84 bits per heavy atom. The maximum absolute atomic E-state index is 10.8. The van der Waals surface area contributed by atoms with Gasteiger partial charge in [-0.25, -0.2) is 9.78 Å². The fourth-order valence-electron chi connectivity index (χ4n) is 1.49. The zero-order valence-electron chi connectivity index (χ0n) is 10.1. The third-order valence-electron chi connectivity index (χ3n) is 2.40. The van der Waals surface area contributed by atoms with Crippen molar-refractivity contribution in [1.82, 2.24) is 4.98 Å². The number of hydrogen-bond donors (Lipinski definition) is 2. The molecule has 1 aromatic heterocycles. The number of carboxylic acid groups (broad SMARTS) is 1. The molecule has 0 atom stereocenters. The highest BCUT2D eigenvalue weighted by atomic mass is 35.5. The first-order valence-corrected chi connectivity index (χ1v) is 5.79. The quantitative estimate of drug-likeness (QED) is 0.899. The van der Waals surface area contributed by atoms with Gasteiger partial charge in [-0.1, -0.05) is 17.7 Å². The smallest absolute Gasteiger partial charge is 0.354 e. The number of benzene rings is 1. The van der Waals surface area contributed by atoms with Gasteiger partial charge in [-0.05, 0) is 24.3 Å². The predicted molar refractivity (Wildman–Crippen MR) is 72.5 cm³/mol. The first-order chi connectivity index (χ1) is 9.10. The second-order valence-corrected chi connectivity index (χ2v) is 4.09. The van der Waals surface area contributed by atoms with Crippen LogP contribution in [0.4, 0.5) is 11.5 Å². The zero-order valence-corrected chi connectivity index (χ0v) is 10.8. The minimum Gasteiger partial charge on any atom is -0.497 e. The number of carbonyl (C=O) groups is 1. The van der Waals surface area contributed by atoms with E-state index in [1.165, 1.54) is 6.07 Å². The summed E-state index contributed by atoms with van der Waals surface area (Å²) in [6.07, 6.45) is 0. The molecular weight excluding hydrogens is 268 g/mol. The van der Waals surface area contributed by atoms with Gasteiger partial charge >= 0.3 is 5.97 Å². The van der Waals surface area contributed by atoms with Crippen LogP contribution >= 0.6 is 11.6 Å². The number of ether oxygens (including phenoxy) is 1. The summed E-state index contributed by atoms with van der Waals surface area (Å²) in [5, 5.41) is 12.3. The molecule has 6 heteroatoms. The number of anilines is 2. The van der Waals surface area contributed by atoms with Gasteiger partial charge < -0.3 is 15.2 Å². The van der Waals surface area contributed by atoms with E-state index in [1.807, 2.05) is 0 Å². The first kappa shape index (κ1) is 13.2. The molecule has 2 N–H and O–H groups in total. The molecule has 1 aromatic carbocycles. The van der Waals surface area contributed by atoms with Crippen molar-refractivity contribution in [2.24, 2.45) is 0 Å². The Labute approximate surface area is 114 Å². The molecular formula is C13H11ClN2O3. The van der Waals surface area contributed by atoms with Crippen molar-refractivity contribution in [3.63, 3.8) is 0 Å². The van der Waals surface area contributed by atoms with Gasteiger partial charge in [0.25, 0.3) is 0 Å². The van der Waals surface area contributed by atoms with E-state index in [-0.39, 0.29) is 5.69 Å². The normalized spacial score (nSPS) is 10.0. The number of nitrogens with zero attached hydrogens (tertiary/aromatic N) is 1. The summed E-state index contributed by atoms with van der Waals surface area (Å²) < 4.78 is 5.10. The number of methoxy groups -OCH3 is 1. The van der Waals surface area contributed by atoms with Gasteiger partial charge in [0.1, 0.15) is 11.6 Å². The molecule has 19 heavy (non-hydrogen) atoms. The Morgan fingerprint density at radius 2 is 2.16 bits per heavy atom. The number of aromatic carboxylic acids is 1. The van der Waals surface area contributed by atoms with E-state index in [1.54, 1.807) is 37.4 Å². The highest BCUT2D eigenvalue weighted by Gasteiger charge is 2.07. The highest BCUT2D eigenvalue weighted by Crippen LogP contribution is 2.28. The fourth-order valence-corrected chi connectivity index (χ4v) is 1.65. The van der Waals surface area contributed by atoms with Crippen molar-refractivity contribution in [2.75, 3.05) is 12.4 Å². The average Bonchev–Trinajstić information content (AvgIpc) is 2.41. The van der Waals surface area contributed by atoms with Crippen LogP contribution in [0.3, 0.4) is 0 Å². The summed E-state index contributed by atoms with van der Waals surface area (Å²) in [4.78, 5) is 14.8. The summed E-state index contributed by atoms with van der Waals surface area (Å²) in [7, 11) is 1.55. The van der Waals surface area contributed by atoms with E-state index in [0.29, 0.717) is 22.3 Å². The summed E-state index contributed by atoms with van der Waals surface area (Å²) in [5.74, 6) is -0.0447. The van der Waals surface area contributed by atoms with Crippen molar-refractivity contribution in [2.45, 2.75) is 0 Å². The van der Waals surface area contributed by atoms with E-state index >= 15 is 0 Å². The first-order valence-electron chi connectivity index (χ1n) is 5.41. The van der Waals surface area contributed by atoms with Crippen LogP contribution < -0.4 is 10.1 Å². The molecule has 98 valence electrons. The molecule has 0 amide bonds. The molecule has 1 heterocycles.